The van der Waals surface area contributed by atoms with Crippen LogP contribution in [0.2, 0.25) is 0 Å². The molecule has 1 atom stereocenters. The van der Waals surface area contributed by atoms with Crippen LogP contribution in [0.25, 0.3) is 0 Å². The highest BCUT2D eigenvalue weighted by Crippen LogP contribution is 2.16. The number of rotatable bonds is 0. The van der Waals surface area contributed by atoms with Gasteiger partial charge in [0.1, 0.15) is 0 Å². The standard InChI is InChI=1S/C7H14N2O.C2H6/c1-6(10)9-4-3-7(2,8)5-9;1-2/h3-5,8H2,1-2H3;1-2H3. The topological polar surface area (TPSA) is 46.3 Å². The lowest BCUT2D eigenvalue weighted by Gasteiger charge is -2.18. The molecule has 1 heterocycles. The van der Waals surface area contributed by atoms with E-state index in [0.717, 1.165) is 13.0 Å². The van der Waals surface area contributed by atoms with Gasteiger partial charge in [-0.05, 0) is 13.3 Å². The van der Waals surface area contributed by atoms with Gasteiger partial charge in [0.15, 0.2) is 0 Å². The fraction of sp³-hybridized carbons (Fsp3) is 0.889. The summed E-state index contributed by atoms with van der Waals surface area (Å²) in [5.41, 5.74) is 5.66. The van der Waals surface area contributed by atoms with Crippen LogP contribution in [0.5, 0.6) is 0 Å². The summed E-state index contributed by atoms with van der Waals surface area (Å²) in [4.78, 5) is 12.6. The molecule has 0 aromatic rings. The van der Waals surface area contributed by atoms with E-state index in [4.69, 9.17) is 5.73 Å². The van der Waals surface area contributed by atoms with Gasteiger partial charge in [-0.25, -0.2) is 0 Å². The number of likely N-dealkylation sites (tertiary alicyclic amines) is 1. The summed E-state index contributed by atoms with van der Waals surface area (Å²) in [6, 6.07) is 0. The predicted octanol–water partition coefficient (Wildman–Crippen LogP) is 0.982. The molecular weight excluding hydrogens is 152 g/mol. The molecule has 0 radical (unpaired) electrons. The first-order chi connectivity index (χ1) is 5.51. The summed E-state index contributed by atoms with van der Waals surface area (Å²) >= 11 is 0. The van der Waals surface area contributed by atoms with Gasteiger partial charge in [0.05, 0.1) is 0 Å². The van der Waals surface area contributed by atoms with Gasteiger partial charge in [0.25, 0.3) is 0 Å². The summed E-state index contributed by atoms with van der Waals surface area (Å²) in [5.74, 6) is 0.133. The molecule has 1 fully saturated rings. The molecule has 3 nitrogen and oxygen atoms in total. The SMILES string of the molecule is CC.CC(=O)N1CCC(C)(N)C1. The molecule has 72 valence electrons. The molecule has 1 unspecified atom stereocenters. The van der Waals surface area contributed by atoms with E-state index in [9.17, 15) is 4.79 Å². The van der Waals surface area contributed by atoms with Crippen molar-refractivity contribution in [1.29, 1.82) is 0 Å². The molecule has 0 aliphatic carbocycles. The molecule has 1 amide bonds. The van der Waals surface area contributed by atoms with E-state index < -0.39 is 0 Å². The number of carbonyl (C=O) groups is 1. The van der Waals surface area contributed by atoms with E-state index >= 15 is 0 Å². The van der Waals surface area contributed by atoms with Crippen LogP contribution < -0.4 is 5.73 Å². The highest BCUT2D eigenvalue weighted by molar-refractivity contribution is 5.73. The van der Waals surface area contributed by atoms with Crippen molar-refractivity contribution in [1.82, 2.24) is 4.90 Å². The number of nitrogens with zero attached hydrogens (tertiary/aromatic N) is 1. The minimum Gasteiger partial charge on any atom is -0.341 e. The van der Waals surface area contributed by atoms with Gasteiger partial charge in [-0.2, -0.15) is 0 Å². The van der Waals surface area contributed by atoms with Crippen LogP contribution in [-0.2, 0) is 4.79 Å². The van der Waals surface area contributed by atoms with Crippen LogP contribution >= 0.6 is 0 Å². The molecule has 1 aliphatic rings. The summed E-state index contributed by atoms with van der Waals surface area (Å²) in [6.45, 7) is 9.10. The Morgan fingerprint density at radius 1 is 1.50 bits per heavy atom. The van der Waals surface area contributed by atoms with Gasteiger partial charge < -0.3 is 10.6 Å². The maximum Gasteiger partial charge on any atom is 0.219 e. The lowest BCUT2D eigenvalue weighted by atomic mass is 10.0. The van der Waals surface area contributed by atoms with Gasteiger partial charge in [-0.1, -0.05) is 13.8 Å². The molecule has 1 rings (SSSR count). The Labute approximate surface area is 74.9 Å². The van der Waals surface area contributed by atoms with E-state index in [2.05, 4.69) is 0 Å². The van der Waals surface area contributed by atoms with E-state index in [1.165, 1.54) is 0 Å². The van der Waals surface area contributed by atoms with Crippen LogP contribution in [0.3, 0.4) is 0 Å². The Morgan fingerprint density at radius 2 is 2.00 bits per heavy atom. The average molecular weight is 172 g/mol. The lowest BCUT2D eigenvalue weighted by molar-refractivity contribution is -0.127. The lowest BCUT2D eigenvalue weighted by Crippen LogP contribution is -2.40. The smallest absolute Gasteiger partial charge is 0.219 e. The Kier molecular flexibility index (Phi) is 4.24. The first kappa shape index (κ1) is 11.4. The number of nitrogens with two attached hydrogens (primary N) is 1. The molecule has 3 heteroatoms. The summed E-state index contributed by atoms with van der Waals surface area (Å²) in [5, 5.41) is 0. The van der Waals surface area contributed by atoms with Gasteiger partial charge in [0.2, 0.25) is 5.91 Å². The normalized spacial score (nSPS) is 27.9. The van der Waals surface area contributed by atoms with Gasteiger partial charge in [-0.3, -0.25) is 4.79 Å². The fourth-order valence-electron chi connectivity index (χ4n) is 1.25. The second kappa shape index (κ2) is 4.45. The molecule has 0 aromatic heterocycles. The maximum absolute atomic E-state index is 10.8. The summed E-state index contributed by atoms with van der Waals surface area (Å²) < 4.78 is 0. The molecular formula is C9H20N2O. The van der Waals surface area contributed by atoms with Crippen molar-refractivity contribution in [3.8, 4) is 0 Å². The van der Waals surface area contributed by atoms with Crippen molar-refractivity contribution in [2.45, 2.75) is 39.7 Å². The second-order valence-electron chi connectivity index (χ2n) is 3.34. The minimum atomic E-state index is -0.147. The molecule has 0 aromatic carbocycles. The molecule has 1 saturated heterocycles. The number of hydrogen-bond donors (Lipinski definition) is 1. The quantitative estimate of drug-likeness (QED) is 0.592. The maximum atomic E-state index is 10.8. The summed E-state index contributed by atoms with van der Waals surface area (Å²) in [6.07, 6.45) is 0.923. The van der Waals surface area contributed by atoms with Crippen molar-refractivity contribution in [2.24, 2.45) is 5.73 Å². The zero-order valence-electron chi connectivity index (χ0n) is 8.55. The van der Waals surface area contributed by atoms with E-state index in [-0.39, 0.29) is 11.4 Å². The Balaban J connectivity index is 0.000000561. The Morgan fingerprint density at radius 3 is 2.17 bits per heavy atom. The number of amides is 1. The number of hydrogen-bond acceptors (Lipinski definition) is 2. The highest BCUT2D eigenvalue weighted by atomic mass is 16.2. The fourth-order valence-corrected chi connectivity index (χ4v) is 1.25. The third-order valence-corrected chi connectivity index (χ3v) is 1.95. The predicted molar refractivity (Wildman–Crippen MR) is 50.8 cm³/mol. The molecule has 1 aliphatic heterocycles. The van der Waals surface area contributed by atoms with Crippen LogP contribution in [-0.4, -0.2) is 29.4 Å². The van der Waals surface area contributed by atoms with Crippen LogP contribution in [0.4, 0.5) is 0 Å². The second-order valence-corrected chi connectivity index (χ2v) is 3.34. The average Bonchev–Trinajstić information content (AvgIpc) is 2.35. The molecule has 12 heavy (non-hydrogen) atoms. The third kappa shape index (κ3) is 3.22. The van der Waals surface area contributed by atoms with E-state index in [1.807, 2.05) is 20.8 Å². The van der Waals surface area contributed by atoms with Crippen molar-refractivity contribution >= 4 is 5.91 Å². The van der Waals surface area contributed by atoms with Crippen LogP contribution in [0.1, 0.15) is 34.1 Å². The zero-order valence-corrected chi connectivity index (χ0v) is 8.55. The van der Waals surface area contributed by atoms with E-state index in [0.29, 0.717) is 6.54 Å². The number of carbonyl (C=O) groups excluding carboxylic acids is 1. The van der Waals surface area contributed by atoms with Gasteiger partial charge >= 0.3 is 0 Å². The Bertz CT molecular complexity index is 155. The zero-order chi connectivity index (χ0) is 9.78. The van der Waals surface area contributed by atoms with Crippen molar-refractivity contribution in [3.05, 3.63) is 0 Å². The van der Waals surface area contributed by atoms with Crippen LogP contribution in [0, 0.1) is 0 Å². The monoisotopic (exact) mass is 172 g/mol. The van der Waals surface area contributed by atoms with Gasteiger partial charge in [0, 0.05) is 25.6 Å². The molecule has 0 spiro atoms. The largest absolute Gasteiger partial charge is 0.341 e. The van der Waals surface area contributed by atoms with Crippen LogP contribution in [0.15, 0.2) is 0 Å². The molecule has 2 N–H and O–H groups in total. The first-order valence-corrected chi connectivity index (χ1v) is 4.56. The van der Waals surface area contributed by atoms with Crippen molar-refractivity contribution in [3.63, 3.8) is 0 Å². The van der Waals surface area contributed by atoms with Crippen molar-refractivity contribution < 1.29 is 4.79 Å². The third-order valence-electron chi connectivity index (χ3n) is 1.95. The van der Waals surface area contributed by atoms with Crippen molar-refractivity contribution in [2.75, 3.05) is 13.1 Å². The highest BCUT2D eigenvalue weighted by Gasteiger charge is 2.30. The minimum absolute atomic E-state index is 0.133. The first-order valence-electron chi connectivity index (χ1n) is 4.56. The van der Waals surface area contributed by atoms with E-state index in [1.54, 1.807) is 11.8 Å². The summed E-state index contributed by atoms with van der Waals surface area (Å²) in [7, 11) is 0. The Hall–Kier alpha value is -0.570. The molecule has 0 bridgehead atoms. The molecule has 0 saturated carbocycles. The van der Waals surface area contributed by atoms with Gasteiger partial charge in [-0.15, -0.1) is 0 Å².